The number of aliphatic hydroxyl groups excluding tert-OH is 1. The van der Waals surface area contributed by atoms with E-state index in [1.807, 2.05) is 18.2 Å². The molecule has 1 nitrogen and oxygen atoms in total. The predicted octanol–water partition coefficient (Wildman–Crippen LogP) is 3.97. The maximum atomic E-state index is 8.98. The minimum absolute atomic E-state index is 0. The van der Waals surface area contributed by atoms with Crippen molar-refractivity contribution in [3.8, 4) is 0 Å². The van der Waals surface area contributed by atoms with Crippen molar-refractivity contribution < 1.29 is 5.11 Å². The number of hydrogen-bond acceptors (Lipinski definition) is 1. The van der Waals surface area contributed by atoms with E-state index < -0.39 is 0 Å². The number of hydrogen-bond donors (Lipinski definition) is 1. The van der Waals surface area contributed by atoms with Gasteiger partial charge in [0.05, 0.1) is 6.61 Å². The lowest BCUT2D eigenvalue weighted by atomic mass is 9.93. The van der Waals surface area contributed by atoms with Gasteiger partial charge in [0.15, 0.2) is 0 Å². The maximum absolute atomic E-state index is 8.98. The summed E-state index contributed by atoms with van der Waals surface area (Å²) in [5, 5.41) is 8.98. The summed E-state index contributed by atoms with van der Waals surface area (Å²) in [5.41, 5.74) is 3.56. The van der Waals surface area contributed by atoms with E-state index in [0.717, 1.165) is 5.56 Å². The van der Waals surface area contributed by atoms with Crippen molar-refractivity contribution in [3.05, 3.63) is 71.3 Å². The molecule has 0 aliphatic heterocycles. The molecular weight excluding hydrogens is 208 g/mol. The Morgan fingerprint density at radius 1 is 0.882 bits per heavy atom. The summed E-state index contributed by atoms with van der Waals surface area (Å²) in [6, 6.07) is 18.6. The first-order chi connectivity index (χ1) is 7.81. The Morgan fingerprint density at radius 3 is 1.94 bits per heavy atom. The number of aliphatic hydroxyl groups is 1. The summed E-state index contributed by atoms with van der Waals surface area (Å²) >= 11 is 0. The molecule has 0 amide bonds. The van der Waals surface area contributed by atoms with Crippen molar-refractivity contribution in [2.24, 2.45) is 0 Å². The minimum atomic E-state index is 0. The molecule has 0 saturated carbocycles. The van der Waals surface area contributed by atoms with Crippen molar-refractivity contribution in [3.63, 3.8) is 0 Å². The fraction of sp³-hybridized carbons (Fsp3) is 0.250. The fourth-order valence-electron chi connectivity index (χ4n) is 1.85. The van der Waals surface area contributed by atoms with Crippen molar-refractivity contribution in [1.82, 2.24) is 0 Å². The van der Waals surface area contributed by atoms with Crippen LogP contribution in [-0.4, -0.2) is 5.11 Å². The molecule has 0 fully saturated rings. The van der Waals surface area contributed by atoms with E-state index in [2.05, 4.69) is 43.3 Å². The van der Waals surface area contributed by atoms with Crippen LogP contribution in [0.3, 0.4) is 0 Å². The molecule has 1 heteroatoms. The lowest BCUT2D eigenvalue weighted by Gasteiger charge is -2.12. The van der Waals surface area contributed by atoms with E-state index in [0.29, 0.717) is 5.92 Å². The fourth-order valence-corrected chi connectivity index (χ4v) is 1.85. The normalized spacial score (nSPS) is 11.6. The Kier molecular flexibility index (Phi) is 4.92. The monoisotopic (exact) mass is 228 g/mol. The quantitative estimate of drug-likeness (QED) is 0.843. The summed E-state index contributed by atoms with van der Waals surface area (Å²) in [4.78, 5) is 0. The van der Waals surface area contributed by atoms with E-state index in [4.69, 9.17) is 5.11 Å². The SMILES string of the molecule is C.CC(c1ccccc1)c1ccc(CO)cc1. The Morgan fingerprint density at radius 2 is 1.41 bits per heavy atom. The van der Waals surface area contributed by atoms with Crippen molar-refractivity contribution in [2.45, 2.75) is 26.9 Å². The Bertz CT molecular complexity index is 431. The summed E-state index contributed by atoms with van der Waals surface area (Å²) in [7, 11) is 0. The summed E-state index contributed by atoms with van der Waals surface area (Å²) in [6.07, 6.45) is 0. The largest absolute Gasteiger partial charge is 0.392 e. The van der Waals surface area contributed by atoms with Gasteiger partial charge in [-0.1, -0.05) is 68.9 Å². The molecule has 2 aromatic rings. The second-order valence-electron chi connectivity index (χ2n) is 4.03. The lowest BCUT2D eigenvalue weighted by molar-refractivity contribution is 0.282. The van der Waals surface area contributed by atoms with Gasteiger partial charge in [-0.15, -0.1) is 0 Å². The van der Waals surface area contributed by atoms with Gasteiger partial charge in [-0.3, -0.25) is 0 Å². The smallest absolute Gasteiger partial charge is 0.0681 e. The van der Waals surface area contributed by atoms with Crippen LogP contribution >= 0.6 is 0 Å². The third-order valence-electron chi connectivity index (χ3n) is 2.96. The molecule has 0 aromatic heterocycles. The van der Waals surface area contributed by atoms with Gasteiger partial charge < -0.3 is 5.11 Å². The van der Waals surface area contributed by atoms with Gasteiger partial charge in [-0.05, 0) is 16.7 Å². The van der Waals surface area contributed by atoms with Crippen LogP contribution in [0.1, 0.15) is 37.0 Å². The first-order valence-electron chi connectivity index (χ1n) is 5.56. The highest BCUT2D eigenvalue weighted by Gasteiger charge is 2.07. The summed E-state index contributed by atoms with van der Waals surface area (Å²) in [5.74, 6) is 0.397. The van der Waals surface area contributed by atoms with Crippen molar-refractivity contribution >= 4 is 0 Å². The molecule has 1 unspecified atom stereocenters. The highest BCUT2D eigenvalue weighted by Crippen LogP contribution is 2.23. The van der Waals surface area contributed by atoms with E-state index in [9.17, 15) is 0 Å². The van der Waals surface area contributed by atoms with Crippen LogP contribution in [0.2, 0.25) is 0 Å². The zero-order valence-electron chi connectivity index (χ0n) is 9.43. The van der Waals surface area contributed by atoms with Gasteiger partial charge in [0.2, 0.25) is 0 Å². The highest BCUT2D eigenvalue weighted by atomic mass is 16.3. The number of rotatable bonds is 3. The molecule has 0 heterocycles. The van der Waals surface area contributed by atoms with Crippen LogP contribution < -0.4 is 0 Å². The molecule has 1 atom stereocenters. The predicted molar refractivity (Wildman–Crippen MR) is 73.1 cm³/mol. The lowest BCUT2D eigenvalue weighted by Crippen LogP contribution is -1.96. The molecule has 2 rings (SSSR count). The third kappa shape index (κ3) is 3.18. The maximum Gasteiger partial charge on any atom is 0.0681 e. The third-order valence-corrected chi connectivity index (χ3v) is 2.96. The van der Waals surface area contributed by atoms with Crippen LogP contribution in [0.4, 0.5) is 0 Å². The zero-order valence-corrected chi connectivity index (χ0v) is 9.43. The Labute approximate surface area is 104 Å². The second kappa shape index (κ2) is 6.21. The van der Waals surface area contributed by atoms with E-state index in [1.54, 1.807) is 0 Å². The van der Waals surface area contributed by atoms with Crippen LogP contribution in [-0.2, 0) is 6.61 Å². The van der Waals surface area contributed by atoms with Gasteiger partial charge in [-0.25, -0.2) is 0 Å². The topological polar surface area (TPSA) is 20.2 Å². The van der Waals surface area contributed by atoms with Gasteiger partial charge >= 0.3 is 0 Å². The number of benzene rings is 2. The average Bonchev–Trinajstić information content (AvgIpc) is 2.39. The van der Waals surface area contributed by atoms with Gasteiger partial charge in [0.25, 0.3) is 0 Å². The molecular formula is C16H20O. The summed E-state index contributed by atoms with van der Waals surface area (Å²) < 4.78 is 0. The summed E-state index contributed by atoms with van der Waals surface area (Å²) in [6.45, 7) is 2.31. The molecule has 90 valence electrons. The molecule has 0 aliphatic carbocycles. The Hall–Kier alpha value is -1.60. The van der Waals surface area contributed by atoms with Crippen LogP contribution in [0, 0.1) is 0 Å². The second-order valence-corrected chi connectivity index (χ2v) is 4.03. The standard InChI is InChI=1S/C15H16O.CH4/c1-12(14-5-3-2-4-6-14)15-9-7-13(11-16)8-10-15;/h2-10,12,16H,11H2,1H3;1H4. The molecule has 0 spiro atoms. The van der Waals surface area contributed by atoms with Crippen molar-refractivity contribution in [1.29, 1.82) is 0 Å². The van der Waals surface area contributed by atoms with E-state index in [-0.39, 0.29) is 14.0 Å². The first kappa shape index (κ1) is 13.5. The zero-order chi connectivity index (χ0) is 11.4. The minimum Gasteiger partial charge on any atom is -0.392 e. The molecule has 2 aromatic carbocycles. The van der Waals surface area contributed by atoms with Crippen LogP contribution in [0.25, 0.3) is 0 Å². The molecule has 0 bridgehead atoms. The highest BCUT2D eigenvalue weighted by molar-refractivity contribution is 5.33. The molecule has 0 aliphatic rings. The van der Waals surface area contributed by atoms with E-state index >= 15 is 0 Å². The molecule has 0 saturated heterocycles. The van der Waals surface area contributed by atoms with Crippen LogP contribution in [0.15, 0.2) is 54.6 Å². The van der Waals surface area contributed by atoms with Gasteiger partial charge in [0, 0.05) is 5.92 Å². The van der Waals surface area contributed by atoms with Crippen molar-refractivity contribution in [2.75, 3.05) is 0 Å². The van der Waals surface area contributed by atoms with Crippen LogP contribution in [0.5, 0.6) is 0 Å². The molecule has 0 radical (unpaired) electrons. The van der Waals surface area contributed by atoms with Gasteiger partial charge in [0.1, 0.15) is 0 Å². The molecule has 1 N–H and O–H groups in total. The average molecular weight is 228 g/mol. The van der Waals surface area contributed by atoms with Gasteiger partial charge in [-0.2, -0.15) is 0 Å². The Balaban J connectivity index is 0.00000144. The first-order valence-corrected chi connectivity index (χ1v) is 5.56. The molecule has 17 heavy (non-hydrogen) atoms. The van der Waals surface area contributed by atoms with E-state index in [1.165, 1.54) is 11.1 Å².